The normalized spacial score (nSPS) is 10.4. The van der Waals surface area contributed by atoms with Gasteiger partial charge in [-0.2, -0.15) is 0 Å². The van der Waals surface area contributed by atoms with E-state index in [9.17, 15) is 4.79 Å². The Morgan fingerprint density at radius 1 is 1.04 bits per heavy atom. The SMILES string of the molecule is COc1ccc(NC(=O)CCNCCc2cccc(Cl)c2)cc1OC. The molecule has 0 saturated carbocycles. The molecule has 0 aliphatic heterocycles. The zero-order valence-corrected chi connectivity index (χ0v) is 15.2. The zero-order chi connectivity index (χ0) is 18.1. The third kappa shape index (κ3) is 6.29. The first kappa shape index (κ1) is 19.1. The summed E-state index contributed by atoms with van der Waals surface area (Å²) >= 11 is 5.95. The highest BCUT2D eigenvalue weighted by molar-refractivity contribution is 6.30. The van der Waals surface area contributed by atoms with Crippen LogP contribution in [0.3, 0.4) is 0 Å². The molecule has 2 rings (SSSR count). The van der Waals surface area contributed by atoms with Crippen LogP contribution in [0.25, 0.3) is 0 Å². The van der Waals surface area contributed by atoms with Gasteiger partial charge in [-0.25, -0.2) is 0 Å². The van der Waals surface area contributed by atoms with Gasteiger partial charge in [-0.15, -0.1) is 0 Å². The van der Waals surface area contributed by atoms with E-state index in [-0.39, 0.29) is 5.91 Å². The summed E-state index contributed by atoms with van der Waals surface area (Å²) < 4.78 is 10.4. The molecule has 134 valence electrons. The van der Waals surface area contributed by atoms with E-state index in [1.165, 1.54) is 5.56 Å². The fourth-order valence-electron chi connectivity index (χ4n) is 2.39. The van der Waals surface area contributed by atoms with Crippen molar-refractivity contribution in [2.45, 2.75) is 12.8 Å². The number of carbonyl (C=O) groups excluding carboxylic acids is 1. The monoisotopic (exact) mass is 362 g/mol. The first-order chi connectivity index (χ1) is 12.1. The molecule has 0 aliphatic carbocycles. The quantitative estimate of drug-likeness (QED) is 0.670. The lowest BCUT2D eigenvalue weighted by atomic mass is 10.1. The van der Waals surface area contributed by atoms with E-state index < -0.39 is 0 Å². The Morgan fingerprint density at radius 2 is 1.84 bits per heavy atom. The van der Waals surface area contributed by atoms with Gasteiger partial charge < -0.3 is 20.1 Å². The number of nitrogens with one attached hydrogen (secondary N) is 2. The number of hydrogen-bond donors (Lipinski definition) is 2. The van der Waals surface area contributed by atoms with Crippen molar-refractivity contribution in [1.29, 1.82) is 0 Å². The molecule has 0 aromatic heterocycles. The predicted molar refractivity (Wildman–Crippen MR) is 101 cm³/mol. The Hall–Kier alpha value is -2.24. The third-order valence-corrected chi connectivity index (χ3v) is 3.91. The van der Waals surface area contributed by atoms with Crippen LogP contribution < -0.4 is 20.1 Å². The first-order valence-electron chi connectivity index (χ1n) is 8.09. The van der Waals surface area contributed by atoms with Gasteiger partial charge >= 0.3 is 0 Å². The minimum Gasteiger partial charge on any atom is -0.493 e. The summed E-state index contributed by atoms with van der Waals surface area (Å²) in [6.07, 6.45) is 1.27. The van der Waals surface area contributed by atoms with Crippen LogP contribution in [-0.2, 0) is 11.2 Å². The average Bonchev–Trinajstić information content (AvgIpc) is 2.61. The highest BCUT2D eigenvalue weighted by Crippen LogP contribution is 2.29. The van der Waals surface area contributed by atoms with Gasteiger partial charge in [0, 0.05) is 29.7 Å². The van der Waals surface area contributed by atoms with Crippen molar-refractivity contribution >= 4 is 23.2 Å². The molecule has 0 heterocycles. The molecule has 2 aromatic rings. The molecule has 0 atom stereocenters. The molecule has 5 nitrogen and oxygen atoms in total. The van der Waals surface area contributed by atoms with Crippen molar-refractivity contribution in [3.05, 3.63) is 53.1 Å². The molecule has 0 saturated heterocycles. The van der Waals surface area contributed by atoms with Crippen molar-refractivity contribution in [2.24, 2.45) is 0 Å². The first-order valence-corrected chi connectivity index (χ1v) is 8.47. The lowest BCUT2D eigenvalue weighted by Gasteiger charge is -2.11. The smallest absolute Gasteiger partial charge is 0.225 e. The maximum absolute atomic E-state index is 12.0. The molecule has 0 spiro atoms. The van der Waals surface area contributed by atoms with Crippen molar-refractivity contribution < 1.29 is 14.3 Å². The molecule has 2 aromatic carbocycles. The van der Waals surface area contributed by atoms with Crippen LogP contribution in [0.15, 0.2) is 42.5 Å². The molecule has 0 radical (unpaired) electrons. The van der Waals surface area contributed by atoms with Crippen molar-refractivity contribution in [1.82, 2.24) is 5.32 Å². The van der Waals surface area contributed by atoms with Gasteiger partial charge in [0.15, 0.2) is 11.5 Å². The lowest BCUT2D eigenvalue weighted by Crippen LogP contribution is -2.23. The molecule has 0 unspecified atom stereocenters. The third-order valence-electron chi connectivity index (χ3n) is 3.68. The van der Waals surface area contributed by atoms with Crippen molar-refractivity contribution in [3.63, 3.8) is 0 Å². The maximum Gasteiger partial charge on any atom is 0.225 e. The lowest BCUT2D eigenvalue weighted by molar-refractivity contribution is -0.116. The fourth-order valence-corrected chi connectivity index (χ4v) is 2.60. The molecular formula is C19H23ClN2O3. The summed E-state index contributed by atoms with van der Waals surface area (Å²) in [6, 6.07) is 13.1. The molecular weight excluding hydrogens is 340 g/mol. The number of methoxy groups -OCH3 is 2. The second kappa shape index (κ2) is 9.91. The number of rotatable bonds is 9. The minimum absolute atomic E-state index is 0.0533. The maximum atomic E-state index is 12.0. The Morgan fingerprint density at radius 3 is 2.56 bits per heavy atom. The highest BCUT2D eigenvalue weighted by atomic mass is 35.5. The highest BCUT2D eigenvalue weighted by Gasteiger charge is 2.07. The van der Waals surface area contributed by atoms with E-state index in [4.69, 9.17) is 21.1 Å². The van der Waals surface area contributed by atoms with E-state index in [1.54, 1.807) is 32.4 Å². The number of hydrogen-bond acceptors (Lipinski definition) is 4. The number of anilines is 1. The van der Waals surface area contributed by atoms with Gasteiger partial charge in [-0.3, -0.25) is 4.79 Å². The van der Waals surface area contributed by atoms with Gasteiger partial charge in [0.05, 0.1) is 14.2 Å². The van der Waals surface area contributed by atoms with E-state index in [2.05, 4.69) is 10.6 Å². The van der Waals surface area contributed by atoms with Gasteiger partial charge in [0.25, 0.3) is 0 Å². The number of benzene rings is 2. The summed E-state index contributed by atoms with van der Waals surface area (Å²) in [7, 11) is 3.14. The molecule has 0 fully saturated rings. The minimum atomic E-state index is -0.0533. The van der Waals surface area contributed by atoms with Crippen LogP contribution in [0.5, 0.6) is 11.5 Å². The molecule has 25 heavy (non-hydrogen) atoms. The Balaban J connectivity index is 1.70. The topological polar surface area (TPSA) is 59.6 Å². The fraction of sp³-hybridized carbons (Fsp3) is 0.316. The van der Waals surface area contributed by atoms with Crippen LogP contribution in [-0.4, -0.2) is 33.2 Å². The summed E-state index contributed by atoms with van der Waals surface area (Å²) in [6.45, 7) is 1.41. The number of ether oxygens (including phenoxy) is 2. The van der Waals surface area contributed by atoms with E-state index in [1.807, 2.05) is 24.3 Å². The number of halogens is 1. The Kier molecular flexibility index (Phi) is 7.57. The summed E-state index contributed by atoms with van der Waals surface area (Å²) in [4.78, 5) is 12.0. The van der Waals surface area contributed by atoms with Crippen molar-refractivity contribution in [3.8, 4) is 11.5 Å². The van der Waals surface area contributed by atoms with E-state index in [0.717, 1.165) is 18.0 Å². The second-order valence-electron chi connectivity index (χ2n) is 5.50. The van der Waals surface area contributed by atoms with Crippen LogP contribution in [0.4, 0.5) is 5.69 Å². The van der Waals surface area contributed by atoms with Crippen molar-refractivity contribution in [2.75, 3.05) is 32.6 Å². The summed E-state index contributed by atoms with van der Waals surface area (Å²) in [5, 5.41) is 6.86. The van der Waals surface area contributed by atoms with Crippen LogP contribution in [0.1, 0.15) is 12.0 Å². The predicted octanol–water partition coefficient (Wildman–Crippen LogP) is 3.52. The van der Waals surface area contributed by atoms with E-state index in [0.29, 0.717) is 30.2 Å². The van der Waals surface area contributed by atoms with E-state index >= 15 is 0 Å². The standard InChI is InChI=1S/C19H23ClN2O3/c1-24-17-7-6-16(13-18(17)25-2)22-19(23)9-11-21-10-8-14-4-3-5-15(20)12-14/h3-7,12-13,21H,8-11H2,1-2H3,(H,22,23). The molecule has 6 heteroatoms. The van der Waals surface area contributed by atoms with Crippen LogP contribution in [0.2, 0.25) is 5.02 Å². The summed E-state index contributed by atoms with van der Waals surface area (Å²) in [5.41, 5.74) is 1.86. The van der Waals surface area contributed by atoms with Crippen LogP contribution >= 0.6 is 11.6 Å². The second-order valence-corrected chi connectivity index (χ2v) is 5.93. The zero-order valence-electron chi connectivity index (χ0n) is 14.5. The molecule has 2 N–H and O–H groups in total. The number of amides is 1. The summed E-state index contributed by atoms with van der Waals surface area (Å²) in [5.74, 6) is 1.16. The molecule has 0 aliphatic rings. The Bertz CT molecular complexity index is 707. The van der Waals surface area contributed by atoms with Gasteiger partial charge in [-0.1, -0.05) is 23.7 Å². The van der Waals surface area contributed by atoms with Gasteiger partial charge in [-0.05, 0) is 42.8 Å². The molecule has 1 amide bonds. The van der Waals surface area contributed by atoms with Crippen LogP contribution in [0, 0.1) is 0 Å². The Labute approximate surface area is 153 Å². The largest absolute Gasteiger partial charge is 0.493 e. The average molecular weight is 363 g/mol. The molecule has 0 bridgehead atoms. The van der Waals surface area contributed by atoms with Gasteiger partial charge in [0.2, 0.25) is 5.91 Å². The van der Waals surface area contributed by atoms with Gasteiger partial charge in [0.1, 0.15) is 0 Å². The number of carbonyl (C=O) groups is 1.